The van der Waals surface area contributed by atoms with E-state index in [1.807, 2.05) is 36.5 Å². The van der Waals surface area contributed by atoms with Crippen molar-refractivity contribution in [1.82, 2.24) is 10.2 Å². The highest BCUT2D eigenvalue weighted by Crippen LogP contribution is 2.23. The first-order chi connectivity index (χ1) is 10.9. The quantitative estimate of drug-likeness (QED) is 0.651. The minimum atomic E-state index is -0.472. The third-order valence-electron chi connectivity index (χ3n) is 3.62. The molecule has 0 aliphatic carbocycles. The summed E-state index contributed by atoms with van der Waals surface area (Å²) in [6.45, 7) is 2.09. The van der Waals surface area contributed by atoms with Gasteiger partial charge in [-0.1, -0.05) is 12.1 Å². The fraction of sp³-hybridized carbons (Fsp3) is 0.312. The fourth-order valence-electron chi connectivity index (χ4n) is 2.26. The van der Waals surface area contributed by atoms with Crippen molar-refractivity contribution >= 4 is 22.9 Å². The van der Waals surface area contributed by atoms with Gasteiger partial charge >= 0.3 is 0 Å². The van der Waals surface area contributed by atoms with Gasteiger partial charge in [-0.15, -0.1) is 11.3 Å². The molecule has 7 heteroatoms. The topological polar surface area (TPSA) is 75.5 Å². The lowest BCUT2D eigenvalue weighted by Gasteiger charge is -2.23. The monoisotopic (exact) mass is 333 g/mol. The Hall–Kier alpha value is -2.25. The molecule has 0 fully saturated rings. The molecule has 2 aromatic rings. The van der Waals surface area contributed by atoms with Crippen LogP contribution < -0.4 is 5.32 Å². The molecule has 1 aromatic carbocycles. The zero-order valence-electron chi connectivity index (χ0n) is 13.3. The van der Waals surface area contributed by atoms with Gasteiger partial charge in [0.15, 0.2) is 0 Å². The van der Waals surface area contributed by atoms with Crippen LogP contribution in [0.25, 0.3) is 0 Å². The number of carbonyl (C=O) groups is 1. The van der Waals surface area contributed by atoms with Crippen molar-refractivity contribution in [2.45, 2.75) is 13.0 Å². The van der Waals surface area contributed by atoms with Crippen LogP contribution in [0.2, 0.25) is 0 Å². The Morgan fingerprint density at radius 3 is 2.70 bits per heavy atom. The van der Waals surface area contributed by atoms with E-state index in [1.54, 1.807) is 30.4 Å². The smallest absolute Gasteiger partial charge is 0.273 e. The van der Waals surface area contributed by atoms with Gasteiger partial charge < -0.3 is 10.2 Å². The van der Waals surface area contributed by atoms with Gasteiger partial charge in [0.05, 0.1) is 11.0 Å². The van der Waals surface area contributed by atoms with Crippen LogP contribution in [0, 0.1) is 17.0 Å². The molecule has 0 saturated heterocycles. The number of benzene rings is 1. The molecular weight excluding hydrogens is 314 g/mol. The number of hydrogen-bond donors (Lipinski definition) is 1. The summed E-state index contributed by atoms with van der Waals surface area (Å²) < 4.78 is 0. The van der Waals surface area contributed by atoms with Gasteiger partial charge in [-0.05, 0) is 38.5 Å². The average Bonchev–Trinajstić information content (AvgIpc) is 3.01. The number of hydrogen-bond acceptors (Lipinski definition) is 5. The van der Waals surface area contributed by atoms with Gasteiger partial charge in [0.25, 0.3) is 11.6 Å². The number of nitrogens with one attached hydrogen (secondary N) is 1. The van der Waals surface area contributed by atoms with Gasteiger partial charge in [-0.2, -0.15) is 0 Å². The molecule has 1 heterocycles. The molecule has 23 heavy (non-hydrogen) atoms. The van der Waals surface area contributed by atoms with Crippen LogP contribution in [0.4, 0.5) is 5.69 Å². The predicted octanol–water partition coefficient (Wildman–Crippen LogP) is 3.00. The number of nitro benzene ring substituents is 1. The third kappa shape index (κ3) is 4.14. The zero-order valence-corrected chi connectivity index (χ0v) is 14.1. The predicted molar refractivity (Wildman–Crippen MR) is 90.9 cm³/mol. The van der Waals surface area contributed by atoms with Crippen molar-refractivity contribution in [3.8, 4) is 0 Å². The van der Waals surface area contributed by atoms with Crippen LogP contribution in [0.3, 0.4) is 0 Å². The summed E-state index contributed by atoms with van der Waals surface area (Å²) in [4.78, 5) is 26.0. The van der Waals surface area contributed by atoms with E-state index in [0.29, 0.717) is 17.7 Å². The first-order valence-electron chi connectivity index (χ1n) is 7.13. The van der Waals surface area contributed by atoms with E-state index in [0.717, 1.165) is 4.88 Å². The number of carbonyl (C=O) groups excluding carboxylic acids is 1. The summed E-state index contributed by atoms with van der Waals surface area (Å²) in [7, 11) is 3.90. The van der Waals surface area contributed by atoms with Crippen LogP contribution in [0.5, 0.6) is 0 Å². The maximum atomic E-state index is 12.3. The van der Waals surface area contributed by atoms with Crippen molar-refractivity contribution in [3.63, 3.8) is 0 Å². The van der Waals surface area contributed by atoms with Crippen molar-refractivity contribution < 1.29 is 9.72 Å². The fourth-order valence-corrected chi connectivity index (χ4v) is 3.18. The summed E-state index contributed by atoms with van der Waals surface area (Å²) in [6.07, 6.45) is 0. The second-order valence-electron chi connectivity index (χ2n) is 5.46. The molecule has 122 valence electrons. The first-order valence-corrected chi connectivity index (χ1v) is 8.01. The molecule has 1 N–H and O–H groups in total. The molecule has 0 aliphatic heterocycles. The normalized spacial score (nSPS) is 12.2. The largest absolute Gasteiger partial charge is 0.350 e. The molecule has 0 saturated carbocycles. The SMILES string of the molecule is Cc1ccc(C(=O)NCC(c2cccs2)N(C)C)cc1[N+](=O)[O-]. The molecule has 2 rings (SSSR count). The van der Waals surface area contributed by atoms with Crippen LogP contribution in [0.15, 0.2) is 35.7 Å². The Balaban J connectivity index is 2.10. The van der Waals surface area contributed by atoms with Gasteiger partial charge in [0.2, 0.25) is 0 Å². The van der Waals surface area contributed by atoms with Gasteiger partial charge in [-0.3, -0.25) is 14.9 Å². The summed E-state index contributed by atoms with van der Waals surface area (Å²) in [5.74, 6) is -0.309. The number of rotatable bonds is 6. The third-order valence-corrected chi connectivity index (χ3v) is 4.59. The van der Waals surface area contributed by atoms with Crippen LogP contribution in [0.1, 0.15) is 26.8 Å². The zero-order chi connectivity index (χ0) is 17.0. The Bertz CT molecular complexity index is 699. The summed E-state index contributed by atoms with van der Waals surface area (Å²) >= 11 is 1.63. The highest BCUT2D eigenvalue weighted by molar-refractivity contribution is 7.10. The highest BCUT2D eigenvalue weighted by atomic mass is 32.1. The number of nitrogens with zero attached hydrogens (tertiary/aromatic N) is 2. The second kappa shape index (κ2) is 7.34. The van der Waals surface area contributed by atoms with E-state index in [9.17, 15) is 14.9 Å². The van der Waals surface area contributed by atoms with Crippen LogP contribution in [-0.2, 0) is 0 Å². The first kappa shape index (κ1) is 17.1. The van der Waals surface area contributed by atoms with E-state index < -0.39 is 4.92 Å². The van der Waals surface area contributed by atoms with Gasteiger partial charge in [-0.25, -0.2) is 0 Å². The molecule has 1 unspecified atom stereocenters. The maximum absolute atomic E-state index is 12.3. The van der Waals surface area contributed by atoms with Crippen LogP contribution >= 0.6 is 11.3 Å². The summed E-state index contributed by atoms with van der Waals surface area (Å²) in [6, 6.07) is 8.59. The van der Waals surface area contributed by atoms with E-state index >= 15 is 0 Å². The number of thiophene rings is 1. The Kier molecular flexibility index (Phi) is 5.46. The lowest BCUT2D eigenvalue weighted by Crippen LogP contribution is -2.34. The standard InChI is InChI=1S/C16H19N3O3S/c1-11-6-7-12(9-13(11)19(21)22)16(20)17-10-14(18(2)3)15-5-4-8-23-15/h4-9,14H,10H2,1-3H3,(H,17,20). The van der Waals surface area contributed by atoms with Crippen molar-refractivity contribution in [1.29, 1.82) is 0 Å². The van der Waals surface area contributed by atoms with E-state index in [4.69, 9.17) is 0 Å². The minimum absolute atomic E-state index is 0.0416. The lowest BCUT2D eigenvalue weighted by atomic mass is 10.1. The van der Waals surface area contributed by atoms with E-state index in [2.05, 4.69) is 5.32 Å². The number of amides is 1. The van der Waals surface area contributed by atoms with Crippen LogP contribution in [-0.4, -0.2) is 36.4 Å². The summed E-state index contributed by atoms with van der Waals surface area (Å²) in [5.41, 5.74) is 0.794. The van der Waals surface area contributed by atoms with Crippen molar-refractivity contribution in [3.05, 3.63) is 61.8 Å². The lowest BCUT2D eigenvalue weighted by molar-refractivity contribution is -0.385. The molecule has 6 nitrogen and oxygen atoms in total. The van der Waals surface area contributed by atoms with E-state index in [1.165, 1.54) is 6.07 Å². The Morgan fingerprint density at radius 1 is 1.39 bits per heavy atom. The molecule has 0 radical (unpaired) electrons. The van der Waals surface area contributed by atoms with Crippen molar-refractivity contribution in [2.75, 3.05) is 20.6 Å². The van der Waals surface area contributed by atoms with Gasteiger partial charge in [0.1, 0.15) is 0 Å². The van der Waals surface area contributed by atoms with E-state index in [-0.39, 0.29) is 17.6 Å². The van der Waals surface area contributed by atoms with Crippen molar-refractivity contribution in [2.24, 2.45) is 0 Å². The molecule has 1 atom stereocenters. The number of nitro groups is 1. The number of likely N-dealkylation sites (N-methyl/N-ethyl adjacent to an activating group) is 1. The molecule has 1 aromatic heterocycles. The average molecular weight is 333 g/mol. The highest BCUT2D eigenvalue weighted by Gasteiger charge is 2.18. The summed E-state index contributed by atoms with van der Waals surface area (Å²) in [5, 5.41) is 15.8. The second-order valence-corrected chi connectivity index (χ2v) is 6.44. The Labute approximate surface area is 138 Å². The molecule has 1 amide bonds. The molecular formula is C16H19N3O3S. The minimum Gasteiger partial charge on any atom is -0.350 e. The Morgan fingerprint density at radius 2 is 2.13 bits per heavy atom. The molecule has 0 aliphatic rings. The number of aryl methyl sites for hydroxylation is 1. The molecule has 0 spiro atoms. The maximum Gasteiger partial charge on any atom is 0.273 e. The van der Waals surface area contributed by atoms with Gasteiger partial charge in [0, 0.05) is 28.6 Å². The molecule has 0 bridgehead atoms.